The summed E-state index contributed by atoms with van der Waals surface area (Å²) in [5.74, 6) is 4.83. The molecule has 0 N–H and O–H groups in total. The zero-order valence-electron chi connectivity index (χ0n) is 23.3. The molecular weight excluding hydrogens is 549 g/mol. The number of fused-ring (bicyclic) bond motifs is 10. The molecule has 2 aromatic heterocycles. The van der Waals surface area contributed by atoms with E-state index in [-0.39, 0.29) is 5.41 Å². The summed E-state index contributed by atoms with van der Waals surface area (Å²) in [5, 5.41) is 0. The molecule has 3 heterocycles. The van der Waals surface area contributed by atoms with E-state index in [4.69, 9.17) is 9.97 Å². The van der Waals surface area contributed by atoms with Crippen molar-refractivity contribution >= 4 is 22.6 Å². The molecule has 0 saturated carbocycles. The third kappa shape index (κ3) is 3.97. The Morgan fingerprint density at radius 1 is 0.550 bits per heavy atom. The Kier molecular flexibility index (Phi) is 5.72. The maximum atomic E-state index is 5.44. The fraction of sp³-hybridized carbons (Fsp3) is 0.143. The van der Waals surface area contributed by atoms with Gasteiger partial charge in [0.25, 0.3) is 0 Å². The normalized spacial score (nSPS) is 14.9. The molecule has 0 saturated heterocycles. The van der Waals surface area contributed by atoms with Crippen molar-refractivity contribution in [2.75, 3.05) is 0 Å². The minimum absolute atomic E-state index is 0.192. The second-order valence-electron chi connectivity index (χ2n) is 11.7. The molecule has 4 nitrogen and oxygen atoms in total. The Morgan fingerprint density at radius 3 is 1.40 bits per heavy atom. The van der Waals surface area contributed by atoms with Gasteiger partial charge in [0.2, 0.25) is 0 Å². The Hall–Kier alpha value is -4.16. The van der Waals surface area contributed by atoms with Crippen LogP contribution in [0.3, 0.4) is 0 Å². The van der Waals surface area contributed by atoms with E-state index in [0.29, 0.717) is 0 Å². The first-order valence-corrected chi connectivity index (χ1v) is 20.1. The maximum absolute atomic E-state index is 5.44. The quantitative estimate of drug-likeness (QED) is 0.210. The Balaban J connectivity index is 1.58. The van der Waals surface area contributed by atoms with Gasteiger partial charge in [-0.05, 0) is 0 Å². The topological polar surface area (TPSA) is 35.6 Å². The predicted molar refractivity (Wildman–Crippen MR) is 167 cm³/mol. The third-order valence-corrected chi connectivity index (χ3v) is 14.5. The summed E-state index contributed by atoms with van der Waals surface area (Å²) < 4.78 is 6.89. The molecule has 4 aromatic carbocycles. The Morgan fingerprint density at radius 2 is 0.975 bits per heavy atom. The van der Waals surface area contributed by atoms with E-state index >= 15 is 0 Å². The summed E-state index contributed by atoms with van der Waals surface area (Å²) in [7, 11) is 0. The minimum atomic E-state index is -3.13. The van der Waals surface area contributed by atoms with Crippen LogP contribution in [0.2, 0.25) is 11.5 Å². The fourth-order valence-electron chi connectivity index (χ4n) is 5.89. The van der Waals surface area contributed by atoms with Gasteiger partial charge in [-0.25, -0.2) is 0 Å². The number of aromatic nitrogens is 4. The van der Waals surface area contributed by atoms with Gasteiger partial charge in [0.1, 0.15) is 0 Å². The average molecular weight is 581 g/mol. The molecule has 0 unspecified atom stereocenters. The zero-order valence-corrected chi connectivity index (χ0v) is 25.4. The molecule has 196 valence electrons. The van der Waals surface area contributed by atoms with Gasteiger partial charge in [0, 0.05) is 0 Å². The number of para-hydroxylation sites is 2. The van der Waals surface area contributed by atoms with Crippen molar-refractivity contribution in [1.82, 2.24) is 19.1 Å². The molecule has 0 atom stereocenters. The van der Waals surface area contributed by atoms with Crippen LogP contribution in [-0.2, 0) is 5.41 Å². The van der Waals surface area contributed by atoms with Gasteiger partial charge in [0.05, 0.1) is 0 Å². The second kappa shape index (κ2) is 9.21. The Labute approximate surface area is 238 Å². The van der Waals surface area contributed by atoms with E-state index in [1.807, 2.05) is 0 Å². The predicted octanol–water partition coefficient (Wildman–Crippen LogP) is 6.85. The van der Waals surface area contributed by atoms with E-state index in [2.05, 4.69) is 156 Å². The first kappa shape index (κ1) is 24.9. The monoisotopic (exact) mass is 582 g/mol. The van der Waals surface area contributed by atoms with E-state index in [1.165, 1.54) is 11.1 Å². The summed E-state index contributed by atoms with van der Waals surface area (Å²) in [5.41, 5.74) is 8.87. The van der Waals surface area contributed by atoms with Crippen LogP contribution in [0, 0.1) is 0 Å². The van der Waals surface area contributed by atoms with Crippen molar-refractivity contribution in [3.63, 3.8) is 0 Å². The molecule has 40 heavy (non-hydrogen) atoms. The molecule has 0 fully saturated rings. The molecule has 0 radical (unpaired) electrons. The summed E-state index contributed by atoms with van der Waals surface area (Å²) >= 11 is -3.13. The van der Waals surface area contributed by atoms with Gasteiger partial charge in [-0.2, -0.15) is 0 Å². The fourth-order valence-corrected chi connectivity index (χ4v) is 11.3. The second-order valence-corrected chi connectivity index (χ2v) is 20.4. The summed E-state index contributed by atoms with van der Waals surface area (Å²) in [6.45, 7) is 4.61. The SMILES string of the molecule is CC1(C)c2cccc(c2)-c2cn(-c3ccccc3)[c](n2)[Ge]([CH3])([CH3])[c]2nc(cn2-c2ccccc2)-c2cccc1c2. The van der Waals surface area contributed by atoms with Gasteiger partial charge in [-0.3, -0.25) is 0 Å². The number of nitrogens with zero attached hydrogens (tertiary/aromatic N) is 4. The molecule has 7 rings (SSSR count). The van der Waals surface area contributed by atoms with Gasteiger partial charge < -0.3 is 0 Å². The van der Waals surface area contributed by atoms with E-state index in [1.54, 1.807) is 0 Å². The number of hydrogen-bond donors (Lipinski definition) is 0. The van der Waals surface area contributed by atoms with Crippen LogP contribution in [0.15, 0.2) is 122 Å². The molecular formula is C35H32GeN4. The first-order chi connectivity index (χ1) is 19.3. The summed E-state index contributed by atoms with van der Waals surface area (Å²) in [6, 6.07) is 39.0. The van der Waals surface area contributed by atoms with Crippen molar-refractivity contribution in [1.29, 1.82) is 0 Å². The van der Waals surface area contributed by atoms with Crippen LogP contribution in [0.25, 0.3) is 33.9 Å². The van der Waals surface area contributed by atoms with Crippen LogP contribution >= 0.6 is 0 Å². The van der Waals surface area contributed by atoms with E-state index < -0.39 is 13.3 Å². The Bertz CT molecular complexity index is 1710. The molecule has 6 aromatic rings. The number of imidazole rings is 2. The van der Waals surface area contributed by atoms with Crippen LogP contribution in [-0.4, -0.2) is 32.4 Å². The van der Waals surface area contributed by atoms with E-state index in [9.17, 15) is 0 Å². The van der Waals surface area contributed by atoms with Gasteiger partial charge in [-0.1, -0.05) is 0 Å². The van der Waals surface area contributed by atoms with Crippen LogP contribution in [0.5, 0.6) is 0 Å². The summed E-state index contributed by atoms with van der Waals surface area (Å²) in [6.07, 6.45) is 4.44. The molecule has 1 aliphatic rings. The molecule has 0 spiro atoms. The van der Waals surface area contributed by atoms with Crippen molar-refractivity contribution in [2.24, 2.45) is 0 Å². The number of rotatable bonds is 2. The van der Waals surface area contributed by atoms with Crippen molar-refractivity contribution in [2.45, 2.75) is 30.8 Å². The molecule has 0 aliphatic carbocycles. The van der Waals surface area contributed by atoms with Crippen molar-refractivity contribution < 1.29 is 0 Å². The number of hydrogen-bond acceptors (Lipinski definition) is 2. The number of benzene rings is 4. The molecule has 1 aliphatic heterocycles. The third-order valence-electron chi connectivity index (χ3n) is 8.36. The molecule has 0 amide bonds. The van der Waals surface area contributed by atoms with Crippen LogP contribution < -0.4 is 9.31 Å². The zero-order chi connectivity index (χ0) is 27.5. The van der Waals surface area contributed by atoms with E-state index in [0.717, 1.165) is 43.2 Å². The standard InChI is InChI=1S/C35H32GeN4/c1-35(2)27-15-11-13-25(21-27)31-23-39(29-17-7-5-8-18-29)33(37-31)36(3,4)34-38-32(26-14-12-16-28(35)22-26)24-40(34)30-19-9-6-10-20-30/h5-24H,1-4H3. The van der Waals surface area contributed by atoms with Crippen molar-refractivity contribution in [3.8, 4) is 33.9 Å². The van der Waals surface area contributed by atoms with Crippen LogP contribution in [0.1, 0.15) is 25.0 Å². The first-order valence-electron chi connectivity index (χ1n) is 13.8. The van der Waals surface area contributed by atoms with Gasteiger partial charge >= 0.3 is 239 Å². The van der Waals surface area contributed by atoms with Gasteiger partial charge in [-0.15, -0.1) is 0 Å². The average Bonchev–Trinajstić information content (AvgIpc) is 3.65. The molecule has 8 bridgehead atoms. The van der Waals surface area contributed by atoms with Crippen molar-refractivity contribution in [3.05, 3.63) is 133 Å². The van der Waals surface area contributed by atoms with Gasteiger partial charge in [0.15, 0.2) is 0 Å². The van der Waals surface area contributed by atoms with Crippen LogP contribution in [0.4, 0.5) is 0 Å². The summed E-state index contributed by atoms with van der Waals surface area (Å²) in [4.78, 5) is 10.9. The molecule has 5 heteroatoms.